The third kappa shape index (κ3) is 1.95. The number of carbonyl (C=O) groups is 1. The van der Waals surface area contributed by atoms with Gasteiger partial charge in [0.25, 0.3) is 0 Å². The van der Waals surface area contributed by atoms with E-state index >= 15 is 0 Å². The minimum Gasteiger partial charge on any atom is -0.370 e. The van der Waals surface area contributed by atoms with E-state index in [1.54, 1.807) is 0 Å². The van der Waals surface area contributed by atoms with Crippen molar-refractivity contribution < 1.29 is 9.90 Å². The summed E-state index contributed by atoms with van der Waals surface area (Å²) in [6.07, 6.45) is 3.29. The molecule has 1 aromatic rings. The molecule has 0 aliphatic heterocycles. The smallest absolute Gasteiger partial charge is 0.226 e. The van der Waals surface area contributed by atoms with E-state index in [0.29, 0.717) is 12.8 Å². The average Bonchev–Trinajstić information content (AvgIpc) is 2.67. The molecule has 1 fully saturated rings. The number of aliphatic hydroxyl groups is 1. The fourth-order valence-corrected chi connectivity index (χ4v) is 2.46. The van der Waals surface area contributed by atoms with Crippen LogP contribution in [0, 0.1) is 0 Å². The Morgan fingerprint density at radius 3 is 2.31 bits per heavy atom. The monoisotopic (exact) mass is 219 g/mol. The molecule has 0 saturated heterocycles. The first-order chi connectivity index (χ1) is 7.63. The number of hydrogen-bond donors (Lipinski definition) is 1. The number of para-hydroxylation sites is 1. The van der Waals surface area contributed by atoms with E-state index < -0.39 is 5.72 Å². The van der Waals surface area contributed by atoms with Crippen molar-refractivity contribution >= 4 is 11.6 Å². The maximum Gasteiger partial charge on any atom is 0.226 e. The van der Waals surface area contributed by atoms with Gasteiger partial charge in [0.1, 0.15) is 5.72 Å². The average molecular weight is 219 g/mol. The summed E-state index contributed by atoms with van der Waals surface area (Å²) >= 11 is 0. The van der Waals surface area contributed by atoms with Crippen molar-refractivity contribution in [3.05, 3.63) is 30.3 Å². The van der Waals surface area contributed by atoms with E-state index in [0.717, 1.165) is 18.5 Å². The minimum atomic E-state index is -0.979. The van der Waals surface area contributed by atoms with Crippen molar-refractivity contribution in [2.24, 2.45) is 0 Å². The van der Waals surface area contributed by atoms with Gasteiger partial charge >= 0.3 is 0 Å². The summed E-state index contributed by atoms with van der Waals surface area (Å²) in [5, 5.41) is 10.5. The van der Waals surface area contributed by atoms with Gasteiger partial charge in [-0.25, -0.2) is 0 Å². The van der Waals surface area contributed by atoms with Gasteiger partial charge in [0.15, 0.2) is 0 Å². The molecule has 3 nitrogen and oxygen atoms in total. The van der Waals surface area contributed by atoms with Crippen LogP contribution in [-0.2, 0) is 4.79 Å². The van der Waals surface area contributed by atoms with Crippen molar-refractivity contribution in [2.45, 2.75) is 38.3 Å². The van der Waals surface area contributed by atoms with E-state index in [4.69, 9.17) is 0 Å². The Balaban J connectivity index is 2.34. The SMILES string of the molecule is CC(=O)N(c1ccccc1)C1(O)CCCC1. The summed E-state index contributed by atoms with van der Waals surface area (Å²) in [6.45, 7) is 1.50. The van der Waals surface area contributed by atoms with Gasteiger partial charge in [-0.05, 0) is 37.8 Å². The molecule has 0 spiro atoms. The Labute approximate surface area is 95.7 Å². The van der Waals surface area contributed by atoms with Gasteiger partial charge in [0, 0.05) is 12.6 Å². The second-order valence-corrected chi connectivity index (χ2v) is 4.38. The van der Waals surface area contributed by atoms with E-state index in [1.165, 1.54) is 11.8 Å². The maximum absolute atomic E-state index is 11.7. The molecular weight excluding hydrogens is 202 g/mol. The zero-order chi connectivity index (χ0) is 11.6. The first kappa shape index (κ1) is 11.1. The molecule has 0 radical (unpaired) electrons. The first-order valence-corrected chi connectivity index (χ1v) is 5.72. The molecular formula is C13H17NO2. The molecule has 0 unspecified atom stereocenters. The zero-order valence-electron chi connectivity index (χ0n) is 9.52. The third-order valence-corrected chi connectivity index (χ3v) is 3.15. The standard InChI is InChI=1S/C13H17NO2/c1-11(15)14(12-7-3-2-4-8-12)13(16)9-5-6-10-13/h2-4,7-8,16H,5-6,9-10H2,1H3. The number of rotatable bonds is 2. The number of benzene rings is 1. The fourth-order valence-electron chi connectivity index (χ4n) is 2.46. The highest BCUT2D eigenvalue weighted by atomic mass is 16.3. The van der Waals surface area contributed by atoms with E-state index in [-0.39, 0.29) is 5.91 Å². The van der Waals surface area contributed by atoms with Crippen LogP contribution in [0.25, 0.3) is 0 Å². The van der Waals surface area contributed by atoms with Crippen LogP contribution in [0.4, 0.5) is 5.69 Å². The Morgan fingerprint density at radius 2 is 1.81 bits per heavy atom. The molecule has 1 N–H and O–H groups in total. The molecule has 1 aromatic carbocycles. The summed E-state index contributed by atoms with van der Waals surface area (Å²) in [7, 11) is 0. The topological polar surface area (TPSA) is 40.5 Å². The molecule has 1 aliphatic carbocycles. The number of amides is 1. The second kappa shape index (κ2) is 4.26. The largest absolute Gasteiger partial charge is 0.370 e. The van der Waals surface area contributed by atoms with Gasteiger partial charge in [0.05, 0.1) is 0 Å². The van der Waals surface area contributed by atoms with Crippen LogP contribution in [-0.4, -0.2) is 16.7 Å². The highest BCUT2D eigenvalue weighted by Crippen LogP contribution is 2.36. The normalized spacial score (nSPS) is 18.4. The van der Waals surface area contributed by atoms with Gasteiger partial charge in [-0.15, -0.1) is 0 Å². The van der Waals surface area contributed by atoms with Crippen LogP contribution in [0.15, 0.2) is 30.3 Å². The zero-order valence-corrected chi connectivity index (χ0v) is 9.52. The number of hydrogen-bond acceptors (Lipinski definition) is 2. The van der Waals surface area contributed by atoms with Crippen LogP contribution in [0.5, 0.6) is 0 Å². The van der Waals surface area contributed by atoms with E-state index in [2.05, 4.69) is 0 Å². The van der Waals surface area contributed by atoms with Crippen LogP contribution >= 0.6 is 0 Å². The lowest BCUT2D eigenvalue weighted by Gasteiger charge is -2.36. The summed E-state index contributed by atoms with van der Waals surface area (Å²) in [4.78, 5) is 13.2. The summed E-state index contributed by atoms with van der Waals surface area (Å²) in [6, 6.07) is 9.38. The quantitative estimate of drug-likeness (QED) is 0.775. The highest BCUT2D eigenvalue weighted by molar-refractivity contribution is 5.92. The third-order valence-electron chi connectivity index (χ3n) is 3.15. The Hall–Kier alpha value is -1.35. The van der Waals surface area contributed by atoms with Gasteiger partial charge in [0.2, 0.25) is 5.91 Å². The molecule has 0 aromatic heterocycles. The maximum atomic E-state index is 11.7. The summed E-state index contributed by atoms with van der Waals surface area (Å²) in [5.41, 5.74) is -0.202. The van der Waals surface area contributed by atoms with Crippen LogP contribution in [0.2, 0.25) is 0 Å². The molecule has 1 saturated carbocycles. The molecule has 3 heteroatoms. The van der Waals surface area contributed by atoms with Crippen LogP contribution in [0.3, 0.4) is 0 Å². The molecule has 0 heterocycles. The second-order valence-electron chi connectivity index (χ2n) is 4.38. The lowest BCUT2D eigenvalue weighted by molar-refractivity contribution is -0.121. The molecule has 0 atom stereocenters. The molecule has 86 valence electrons. The first-order valence-electron chi connectivity index (χ1n) is 5.72. The van der Waals surface area contributed by atoms with E-state index in [1.807, 2.05) is 30.3 Å². The predicted molar refractivity (Wildman–Crippen MR) is 63.0 cm³/mol. The Morgan fingerprint density at radius 1 is 1.25 bits per heavy atom. The van der Waals surface area contributed by atoms with Crippen molar-refractivity contribution in [3.63, 3.8) is 0 Å². The van der Waals surface area contributed by atoms with Crippen LogP contribution in [0.1, 0.15) is 32.6 Å². The summed E-state index contributed by atoms with van der Waals surface area (Å²) < 4.78 is 0. The van der Waals surface area contributed by atoms with Crippen molar-refractivity contribution in [2.75, 3.05) is 4.90 Å². The van der Waals surface area contributed by atoms with Crippen LogP contribution < -0.4 is 4.90 Å². The fraction of sp³-hybridized carbons (Fsp3) is 0.462. The lowest BCUT2D eigenvalue weighted by Crippen LogP contribution is -2.49. The molecule has 1 amide bonds. The molecule has 0 bridgehead atoms. The van der Waals surface area contributed by atoms with Gasteiger partial charge < -0.3 is 5.11 Å². The number of nitrogens with zero attached hydrogens (tertiary/aromatic N) is 1. The predicted octanol–water partition coefficient (Wildman–Crippen LogP) is 2.30. The Kier molecular flexibility index (Phi) is 2.97. The van der Waals surface area contributed by atoms with Gasteiger partial charge in [-0.1, -0.05) is 18.2 Å². The van der Waals surface area contributed by atoms with Crippen molar-refractivity contribution in [1.82, 2.24) is 0 Å². The van der Waals surface area contributed by atoms with Crippen molar-refractivity contribution in [3.8, 4) is 0 Å². The molecule has 2 rings (SSSR count). The number of carbonyl (C=O) groups excluding carboxylic acids is 1. The molecule has 1 aliphatic rings. The number of anilines is 1. The minimum absolute atomic E-state index is 0.101. The molecule has 16 heavy (non-hydrogen) atoms. The van der Waals surface area contributed by atoms with Crippen molar-refractivity contribution in [1.29, 1.82) is 0 Å². The summed E-state index contributed by atoms with van der Waals surface area (Å²) in [5.74, 6) is -0.101. The highest BCUT2D eigenvalue weighted by Gasteiger charge is 2.39. The Bertz CT molecular complexity index is 369. The van der Waals surface area contributed by atoms with Gasteiger partial charge in [-0.3, -0.25) is 9.69 Å². The lowest BCUT2D eigenvalue weighted by atomic mass is 10.1. The van der Waals surface area contributed by atoms with E-state index in [9.17, 15) is 9.90 Å². The van der Waals surface area contributed by atoms with Gasteiger partial charge in [-0.2, -0.15) is 0 Å².